The third kappa shape index (κ3) is 2.45. The average Bonchev–Trinajstić information content (AvgIpc) is 2.58. The van der Waals surface area contributed by atoms with Gasteiger partial charge < -0.3 is 0 Å². The van der Waals surface area contributed by atoms with Gasteiger partial charge >= 0.3 is 0 Å². The highest BCUT2D eigenvalue weighted by Crippen LogP contribution is 2.38. The van der Waals surface area contributed by atoms with Crippen molar-refractivity contribution in [2.75, 3.05) is 0 Å². The van der Waals surface area contributed by atoms with Crippen LogP contribution in [0.4, 0.5) is 0 Å². The van der Waals surface area contributed by atoms with E-state index in [1.807, 2.05) is 13.8 Å². The Morgan fingerprint density at radius 1 is 0.684 bits per heavy atom. The van der Waals surface area contributed by atoms with Crippen molar-refractivity contribution < 1.29 is 0 Å². The number of rotatable bonds is 0. The minimum atomic E-state index is 0.129. The summed E-state index contributed by atoms with van der Waals surface area (Å²) >= 11 is 0. The van der Waals surface area contributed by atoms with E-state index in [4.69, 9.17) is 0 Å². The molecule has 0 aliphatic heterocycles. The van der Waals surface area contributed by atoms with Gasteiger partial charge in [0.2, 0.25) is 0 Å². The molecule has 0 fully saturated rings. The number of aryl methyl sites for hydroxylation is 2. The van der Waals surface area contributed by atoms with Gasteiger partial charge in [0.1, 0.15) is 0 Å². The van der Waals surface area contributed by atoms with E-state index in [1.54, 1.807) is 0 Å². The molecular weight excluding hydrogens is 228 g/mol. The van der Waals surface area contributed by atoms with Gasteiger partial charge in [-0.3, -0.25) is 0 Å². The predicted molar refractivity (Wildman–Crippen MR) is 83.8 cm³/mol. The van der Waals surface area contributed by atoms with Crippen molar-refractivity contribution in [3.8, 4) is 0 Å². The number of benzene rings is 2. The summed E-state index contributed by atoms with van der Waals surface area (Å²) in [6.07, 6.45) is 2.33. The molecule has 19 heavy (non-hydrogen) atoms. The summed E-state index contributed by atoms with van der Waals surface area (Å²) in [7, 11) is 0. The van der Waals surface area contributed by atoms with Crippen LogP contribution in [0.2, 0.25) is 0 Å². The predicted octanol–water partition coefficient (Wildman–Crippen LogP) is 5.14. The van der Waals surface area contributed by atoms with Crippen LogP contribution in [0.25, 0.3) is 0 Å². The second-order valence-electron chi connectivity index (χ2n) is 5.44. The van der Waals surface area contributed by atoms with Crippen LogP contribution in [0.1, 0.15) is 49.9 Å². The van der Waals surface area contributed by atoms with E-state index in [0.29, 0.717) is 0 Å². The van der Waals surface area contributed by atoms with Gasteiger partial charge in [0, 0.05) is 5.41 Å². The van der Waals surface area contributed by atoms with Gasteiger partial charge in [-0.25, -0.2) is 0 Å². The molecule has 1 aliphatic rings. The zero-order valence-electron chi connectivity index (χ0n) is 12.5. The molecule has 0 bridgehead atoms. The van der Waals surface area contributed by atoms with Crippen molar-refractivity contribution in [3.05, 3.63) is 70.8 Å². The highest BCUT2D eigenvalue weighted by atomic mass is 14.3. The van der Waals surface area contributed by atoms with Crippen LogP contribution in [0.3, 0.4) is 0 Å². The molecule has 0 aromatic heterocycles. The van der Waals surface area contributed by atoms with E-state index >= 15 is 0 Å². The van der Waals surface area contributed by atoms with E-state index in [0.717, 1.165) is 12.8 Å². The van der Waals surface area contributed by atoms with Crippen LogP contribution in [0.5, 0.6) is 0 Å². The molecule has 2 aromatic rings. The standard InChI is InChI=1S/C17H18.C2H6/c1-17(2)15-9-5-3-7-13(15)11-12-14-8-4-6-10-16(14)17;1-2/h3-10H,11-12H2,1-2H3;1-2H3. The topological polar surface area (TPSA) is 0 Å². The molecular formula is C19H24. The van der Waals surface area contributed by atoms with Crippen molar-refractivity contribution in [2.45, 2.75) is 46.0 Å². The third-order valence-corrected chi connectivity index (χ3v) is 4.05. The molecule has 2 aromatic carbocycles. The van der Waals surface area contributed by atoms with Crippen molar-refractivity contribution in [2.24, 2.45) is 0 Å². The van der Waals surface area contributed by atoms with E-state index in [-0.39, 0.29) is 5.41 Å². The Balaban J connectivity index is 0.000000637. The molecule has 0 heteroatoms. The lowest BCUT2D eigenvalue weighted by Gasteiger charge is -2.28. The van der Waals surface area contributed by atoms with Gasteiger partial charge in [0.05, 0.1) is 0 Å². The molecule has 0 saturated heterocycles. The van der Waals surface area contributed by atoms with E-state index in [9.17, 15) is 0 Å². The Morgan fingerprint density at radius 3 is 1.47 bits per heavy atom. The molecule has 0 atom stereocenters. The molecule has 0 spiro atoms. The smallest absolute Gasteiger partial charge is 0.0152 e. The van der Waals surface area contributed by atoms with E-state index in [1.165, 1.54) is 22.3 Å². The first-order chi connectivity index (χ1) is 9.19. The molecule has 0 radical (unpaired) electrons. The fourth-order valence-corrected chi connectivity index (χ4v) is 3.11. The summed E-state index contributed by atoms with van der Waals surface area (Å²) in [4.78, 5) is 0. The largest absolute Gasteiger partial charge is 0.0683 e. The van der Waals surface area contributed by atoms with Gasteiger partial charge in [-0.05, 0) is 35.1 Å². The average molecular weight is 252 g/mol. The maximum Gasteiger partial charge on any atom is 0.0152 e. The highest BCUT2D eigenvalue weighted by molar-refractivity contribution is 5.48. The molecule has 0 nitrogen and oxygen atoms in total. The Kier molecular flexibility index (Phi) is 4.09. The van der Waals surface area contributed by atoms with Gasteiger partial charge in [-0.1, -0.05) is 76.2 Å². The molecule has 0 N–H and O–H groups in total. The Hall–Kier alpha value is -1.56. The summed E-state index contributed by atoms with van der Waals surface area (Å²) < 4.78 is 0. The van der Waals surface area contributed by atoms with Crippen LogP contribution >= 0.6 is 0 Å². The second kappa shape index (κ2) is 5.61. The van der Waals surface area contributed by atoms with Gasteiger partial charge in [0.15, 0.2) is 0 Å². The Labute approximate surface area is 117 Å². The van der Waals surface area contributed by atoms with Crippen LogP contribution < -0.4 is 0 Å². The summed E-state index contributed by atoms with van der Waals surface area (Å²) in [5.41, 5.74) is 6.13. The maximum absolute atomic E-state index is 2.34. The van der Waals surface area contributed by atoms with Crippen LogP contribution in [-0.4, -0.2) is 0 Å². The number of hydrogen-bond donors (Lipinski definition) is 0. The summed E-state index contributed by atoms with van der Waals surface area (Å²) in [5, 5.41) is 0. The normalized spacial score (nSPS) is 15.4. The zero-order chi connectivity index (χ0) is 13.9. The monoisotopic (exact) mass is 252 g/mol. The summed E-state index contributed by atoms with van der Waals surface area (Å²) in [6, 6.07) is 17.8. The zero-order valence-corrected chi connectivity index (χ0v) is 12.5. The quantitative estimate of drug-likeness (QED) is 0.609. The number of hydrogen-bond acceptors (Lipinski definition) is 0. The SMILES string of the molecule is CC.CC1(C)c2ccccc2CCc2ccccc21. The lowest BCUT2D eigenvalue weighted by atomic mass is 9.76. The number of fused-ring (bicyclic) bond motifs is 2. The molecule has 3 rings (SSSR count). The van der Waals surface area contributed by atoms with Crippen LogP contribution in [0.15, 0.2) is 48.5 Å². The minimum Gasteiger partial charge on any atom is -0.0683 e. The van der Waals surface area contributed by atoms with Crippen LogP contribution in [0, 0.1) is 0 Å². The lowest BCUT2D eigenvalue weighted by Crippen LogP contribution is -2.20. The van der Waals surface area contributed by atoms with E-state index in [2.05, 4.69) is 62.4 Å². The Bertz CT molecular complexity index is 500. The maximum atomic E-state index is 2.34. The van der Waals surface area contributed by atoms with Crippen molar-refractivity contribution in [1.82, 2.24) is 0 Å². The molecule has 0 unspecified atom stereocenters. The van der Waals surface area contributed by atoms with Gasteiger partial charge in [-0.15, -0.1) is 0 Å². The molecule has 1 aliphatic carbocycles. The first-order valence-corrected chi connectivity index (χ1v) is 7.36. The molecule has 0 saturated carbocycles. The van der Waals surface area contributed by atoms with Crippen LogP contribution in [-0.2, 0) is 18.3 Å². The van der Waals surface area contributed by atoms with Crippen molar-refractivity contribution in [1.29, 1.82) is 0 Å². The lowest BCUT2D eigenvalue weighted by molar-refractivity contribution is 0.636. The highest BCUT2D eigenvalue weighted by Gasteiger charge is 2.29. The fourth-order valence-electron chi connectivity index (χ4n) is 3.11. The first kappa shape index (κ1) is 13.9. The third-order valence-electron chi connectivity index (χ3n) is 4.05. The van der Waals surface area contributed by atoms with Gasteiger partial charge in [0.25, 0.3) is 0 Å². The second-order valence-corrected chi connectivity index (χ2v) is 5.44. The first-order valence-electron chi connectivity index (χ1n) is 7.36. The minimum absolute atomic E-state index is 0.129. The fraction of sp³-hybridized carbons (Fsp3) is 0.368. The molecule has 0 amide bonds. The van der Waals surface area contributed by atoms with Crippen molar-refractivity contribution >= 4 is 0 Å². The summed E-state index contributed by atoms with van der Waals surface area (Å²) in [6.45, 7) is 8.69. The molecule has 0 heterocycles. The van der Waals surface area contributed by atoms with Gasteiger partial charge in [-0.2, -0.15) is 0 Å². The molecule has 100 valence electrons. The Morgan fingerprint density at radius 2 is 1.05 bits per heavy atom. The summed E-state index contributed by atoms with van der Waals surface area (Å²) in [5.74, 6) is 0. The van der Waals surface area contributed by atoms with E-state index < -0.39 is 0 Å². The van der Waals surface area contributed by atoms with Crippen molar-refractivity contribution in [3.63, 3.8) is 0 Å².